The number of primary amides is 1. The van der Waals surface area contributed by atoms with Gasteiger partial charge in [0.2, 0.25) is 5.91 Å². The molecule has 0 aliphatic carbocycles. The van der Waals surface area contributed by atoms with Gasteiger partial charge in [0.15, 0.2) is 0 Å². The number of carbonyl (C=O) groups is 2. The molecule has 0 bridgehead atoms. The fourth-order valence-corrected chi connectivity index (χ4v) is 1.49. The van der Waals surface area contributed by atoms with Gasteiger partial charge in [-0.3, -0.25) is 9.59 Å². The molecule has 6 nitrogen and oxygen atoms in total. The molecule has 6 heteroatoms. The molecular formula is C13H20N4O2. The number of aromatic nitrogens is 1. The highest BCUT2D eigenvalue weighted by Gasteiger charge is 2.27. The van der Waals surface area contributed by atoms with Gasteiger partial charge >= 0.3 is 0 Å². The molecule has 2 amide bonds. The number of hydrogen-bond acceptors (Lipinski definition) is 4. The Morgan fingerprint density at radius 1 is 1.37 bits per heavy atom. The van der Waals surface area contributed by atoms with Crippen LogP contribution in [-0.4, -0.2) is 28.9 Å². The van der Waals surface area contributed by atoms with Crippen molar-refractivity contribution in [2.24, 2.45) is 5.73 Å². The molecule has 0 aliphatic rings. The lowest BCUT2D eigenvalue weighted by Gasteiger charge is -2.22. The third kappa shape index (κ3) is 3.94. The summed E-state index contributed by atoms with van der Waals surface area (Å²) >= 11 is 0. The summed E-state index contributed by atoms with van der Waals surface area (Å²) in [5, 5.41) is 5.65. The molecule has 0 atom stereocenters. The minimum atomic E-state index is -1.09. The zero-order valence-corrected chi connectivity index (χ0v) is 11.7. The molecule has 1 heterocycles. The van der Waals surface area contributed by atoms with Crippen molar-refractivity contribution in [3.63, 3.8) is 0 Å². The van der Waals surface area contributed by atoms with Crippen LogP contribution in [-0.2, 0) is 4.79 Å². The summed E-state index contributed by atoms with van der Waals surface area (Å²) < 4.78 is 0. The predicted octanol–water partition coefficient (Wildman–Crippen LogP) is 0.816. The first-order valence-corrected chi connectivity index (χ1v) is 6.11. The summed E-state index contributed by atoms with van der Waals surface area (Å²) in [7, 11) is 0. The van der Waals surface area contributed by atoms with Gasteiger partial charge < -0.3 is 16.4 Å². The van der Waals surface area contributed by atoms with E-state index in [1.807, 2.05) is 6.92 Å². The number of nitrogens with zero attached hydrogens (tertiary/aromatic N) is 1. The van der Waals surface area contributed by atoms with Crippen LogP contribution >= 0.6 is 0 Å². The van der Waals surface area contributed by atoms with Gasteiger partial charge in [0.05, 0.1) is 0 Å². The molecule has 4 N–H and O–H groups in total. The van der Waals surface area contributed by atoms with E-state index in [1.165, 1.54) is 0 Å². The molecule has 0 aliphatic heterocycles. The first-order valence-electron chi connectivity index (χ1n) is 6.11. The molecule has 0 saturated heterocycles. The van der Waals surface area contributed by atoms with E-state index in [0.717, 1.165) is 5.69 Å². The van der Waals surface area contributed by atoms with Crippen LogP contribution in [0.15, 0.2) is 12.1 Å². The van der Waals surface area contributed by atoms with Gasteiger partial charge in [0.1, 0.15) is 11.4 Å². The number of nitrogens with two attached hydrogens (primary N) is 1. The smallest absolute Gasteiger partial charge is 0.252 e. The largest absolute Gasteiger partial charge is 0.370 e. The van der Waals surface area contributed by atoms with Gasteiger partial charge in [0, 0.05) is 17.8 Å². The van der Waals surface area contributed by atoms with E-state index < -0.39 is 11.4 Å². The fraction of sp³-hybridized carbons (Fsp3) is 0.462. The first-order chi connectivity index (χ1) is 8.76. The molecule has 1 rings (SSSR count). The fourth-order valence-electron chi connectivity index (χ4n) is 1.49. The van der Waals surface area contributed by atoms with Crippen LogP contribution in [0.4, 0.5) is 5.82 Å². The molecule has 1 aromatic rings. The number of pyridine rings is 1. The Bertz CT molecular complexity index is 497. The van der Waals surface area contributed by atoms with Crippen LogP contribution in [0.5, 0.6) is 0 Å². The van der Waals surface area contributed by atoms with Crippen LogP contribution in [0, 0.1) is 6.92 Å². The number of aryl methyl sites for hydroxylation is 1. The molecule has 0 spiro atoms. The third-order valence-electron chi connectivity index (χ3n) is 2.62. The van der Waals surface area contributed by atoms with Crippen molar-refractivity contribution < 1.29 is 9.59 Å². The topological polar surface area (TPSA) is 97.1 Å². The van der Waals surface area contributed by atoms with E-state index >= 15 is 0 Å². The van der Waals surface area contributed by atoms with Crippen LogP contribution in [0.3, 0.4) is 0 Å². The van der Waals surface area contributed by atoms with Crippen molar-refractivity contribution in [1.82, 2.24) is 10.3 Å². The summed E-state index contributed by atoms with van der Waals surface area (Å²) in [6, 6.07) is 3.30. The van der Waals surface area contributed by atoms with Gasteiger partial charge in [0.25, 0.3) is 5.91 Å². The number of nitrogens with one attached hydrogen (secondary N) is 2. The Kier molecular flexibility index (Phi) is 4.47. The van der Waals surface area contributed by atoms with Crippen LogP contribution in [0.1, 0.15) is 36.8 Å². The highest BCUT2D eigenvalue weighted by Crippen LogP contribution is 2.11. The zero-order valence-electron chi connectivity index (χ0n) is 11.7. The minimum absolute atomic E-state index is 0.353. The zero-order chi connectivity index (χ0) is 14.6. The molecule has 19 heavy (non-hydrogen) atoms. The van der Waals surface area contributed by atoms with Crippen molar-refractivity contribution in [3.05, 3.63) is 23.4 Å². The van der Waals surface area contributed by atoms with E-state index in [0.29, 0.717) is 17.9 Å². The second kappa shape index (κ2) is 5.69. The lowest BCUT2D eigenvalue weighted by atomic mass is 10.0. The Morgan fingerprint density at radius 3 is 2.53 bits per heavy atom. The van der Waals surface area contributed by atoms with Gasteiger partial charge in [-0.2, -0.15) is 0 Å². The number of anilines is 1. The highest BCUT2D eigenvalue weighted by molar-refractivity contribution is 5.99. The van der Waals surface area contributed by atoms with Gasteiger partial charge in [-0.25, -0.2) is 4.98 Å². The van der Waals surface area contributed by atoms with Crippen LogP contribution in [0.2, 0.25) is 0 Å². The van der Waals surface area contributed by atoms with Crippen molar-refractivity contribution in [2.45, 2.75) is 33.2 Å². The molecule has 1 aromatic heterocycles. The Balaban J connectivity index is 2.97. The van der Waals surface area contributed by atoms with Crippen molar-refractivity contribution in [3.8, 4) is 0 Å². The van der Waals surface area contributed by atoms with E-state index in [1.54, 1.807) is 32.9 Å². The number of carbonyl (C=O) groups excluding carboxylic acids is 2. The molecule has 0 aromatic carbocycles. The number of hydrogen-bond donors (Lipinski definition) is 3. The SMILES string of the molecule is CCNc1cc(C(=O)NC(C)(C)C(N)=O)cc(C)n1. The van der Waals surface area contributed by atoms with Gasteiger partial charge in [-0.05, 0) is 39.8 Å². The first kappa shape index (κ1) is 14.9. The van der Waals surface area contributed by atoms with Crippen molar-refractivity contribution in [1.29, 1.82) is 0 Å². The molecule has 0 unspecified atom stereocenters. The predicted molar refractivity (Wildman–Crippen MR) is 73.9 cm³/mol. The van der Waals surface area contributed by atoms with Gasteiger partial charge in [-0.15, -0.1) is 0 Å². The average molecular weight is 264 g/mol. The standard InChI is InChI=1S/C13H20N4O2/c1-5-15-10-7-9(6-8(2)16-10)11(18)17-13(3,4)12(14)19/h6-7H,5H2,1-4H3,(H2,14,19)(H,15,16)(H,17,18). The lowest BCUT2D eigenvalue weighted by Crippen LogP contribution is -2.53. The lowest BCUT2D eigenvalue weighted by molar-refractivity contribution is -0.122. The monoisotopic (exact) mass is 264 g/mol. The Morgan fingerprint density at radius 2 is 2.00 bits per heavy atom. The third-order valence-corrected chi connectivity index (χ3v) is 2.62. The quantitative estimate of drug-likeness (QED) is 0.733. The van der Waals surface area contributed by atoms with E-state index in [2.05, 4.69) is 15.6 Å². The molecule has 0 saturated carbocycles. The normalized spacial score (nSPS) is 10.9. The summed E-state index contributed by atoms with van der Waals surface area (Å²) in [4.78, 5) is 27.6. The molecule has 104 valence electrons. The summed E-state index contributed by atoms with van der Waals surface area (Å²) in [5.74, 6) is -0.309. The Hall–Kier alpha value is -2.11. The highest BCUT2D eigenvalue weighted by atomic mass is 16.2. The number of rotatable bonds is 5. The second-order valence-electron chi connectivity index (χ2n) is 4.86. The molecule has 0 radical (unpaired) electrons. The van der Waals surface area contributed by atoms with E-state index in [9.17, 15) is 9.59 Å². The second-order valence-corrected chi connectivity index (χ2v) is 4.86. The summed E-state index contributed by atoms with van der Waals surface area (Å²) in [6.45, 7) is 7.58. The van der Waals surface area contributed by atoms with Crippen molar-refractivity contribution in [2.75, 3.05) is 11.9 Å². The maximum atomic E-state index is 12.1. The maximum absolute atomic E-state index is 12.1. The van der Waals surface area contributed by atoms with Gasteiger partial charge in [-0.1, -0.05) is 0 Å². The average Bonchev–Trinajstić information content (AvgIpc) is 2.27. The maximum Gasteiger partial charge on any atom is 0.252 e. The van der Waals surface area contributed by atoms with Crippen molar-refractivity contribution >= 4 is 17.6 Å². The summed E-state index contributed by atoms with van der Waals surface area (Å²) in [5.41, 5.74) is 5.30. The Labute approximate surface area is 112 Å². The molecular weight excluding hydrogens is 244 g/mol. The van der Waals surface area contributed by atoms with Crippen LogP contribution in [0.25, 0.3) is 0 Å². The van der Waals surface area contributed by atoms with E-state index in [-0.39, 0.29) is 5.91 Å². The van der Waals surface area contributed by atoms with Crippen LogP contribution < -0.4 is 16.4 Å². The van der Waals surface area contributed by atoms with E-state index in [4.69, 9.17) is 5.73 Å². The summed E-state index contributed by atoms with van der Waals surface area (Å²) in [6.07, 6.45) is 0. The number of amides is 2. The minimum Gasteiger partial charge on any atom is -0.370 e. The molecule has 0 fully saturated rings.